The second kappa shape index (κ2) is 14.8. The quantitative estimate of drug-likeness (QED) is 0.183. The molecule has 1 fully saturated rings. The molecule has 5 aromatic rings. The fraction of sp³-hybridized carbons (Fsp3) is 0.278. The number of carbonyl (C=O) groups is 2. The summed E-state index contributed by atoms with van der Waals surface area (Å²) in [6.45, 7) is 3.07. The molecule has 2 aromatic heterocycles. The molecule has 13 heteroatoms. The van der Waals surface area contributed by atoms with Crippen LogP contribution in [0.3, 0.4) is 0 Å². The number of aryl methyl sites for hydroxylation is 2. The fourth-order valence-corrected chi connectivity index (χ4v) is 5.80. The summed E-state index contributed by atoms with van der Waals surface area (Å²) in [5.41, 5.74) is 4.76. The number of nitrogens with zero attached hydrogens (tertiary/aromatic N) is 6. The number of hydrogen-bond acceptors (Lipinski definition) is 6. The Balaban J connectivity index is 1.02. The second-order valence-electron chi connectivity index (χ2n) is 11.9. The van der Waals surface area contributed by atoms with Gasteiger partial charge in [-0.2, -0.15) is 5.10 Å². The molecule has 6 rings (SSSR count). The molecule has 1 saturated heterocycles. The Morgan fingerprint density at radius 1 is 0.898 bits per heavy atom. The molecule has 0 spiro atoms. The van der Waals surface area contributed by atoms with Crippen molar-refractivity contribution in [2.75, 3.05) is 31.5 Å². The van der Waals surface area contributed by atoms with Gasteiger partial charge in [0.1, 0.15) is 5.75 Å². The Morgan fingerprint density at radius 3 is 2.35 bits per heavy atom. The Bertz CT molecular complexity index is 1880. The van der Waals surface area contributed by atoms with Crippen LogP contribution in [-0.2, 0) is 24.8 Å². The lowest BCUT2D eigenvalue weighted by molar-refractivity contribution is -0.274. The van der Waals surface area contributed by atoms with Crippen molar-refractivity contribution in [1.82, 2.24) is 29.1 Å². The van der Waals surface area contributed by atoms with Crippen LogP contribution in [-0.4, -0.2) is 73.5 Å². The molecule has 3 heterocycles. The summed E-state index contributed by atoms with van der Waals surface area (Å²) in [6, 6.07) is 22.8. The van der Waals surface area contributed by atoms with Crippen LogP contribution in [0.15, 0.2) is 97.5 Å². The number of nitrogens with one attached hydrogen (secondary N) is 1. The highest BCUT2D eigenvalue weighted by molar-refractivity contribution is 6.04. The van der Waals surface area contributed by atoms with Crippen LogP contribution in [0.4, 0.5) is 19.1 Å². The summed E-state index contributed by atoms with van der Waals surface area (Å²) in [5.74, 6) is -0.0787. The van der Waals surface area contributed by atoms with Crippen LogP contribution in [0.2, 0.25) is 0 Å². The summed E-state index contributed by atoms with van der Waals surface area (Å²) >= 11 is 0. The van der Waals surface area contributed by atoms with E-state index >= 15 is 0 Å². The molecule has 10 nitrogen and oxygen atoms in total. The molecular formula is C36H36F3N7O3. The van der Waals surface area contributed by atoms with E-state index in [2.05, 4.69) is 20.1 Å². The average Bonchev–Trinajstić information content (AvgIpc) is 3.71. The number of anilines is 1. The first kappa shape index (κ1) is 33.5. The monoisotopic (exact) mass is 671 g/mol. The highest BCUT2D eigenvalue weighted by Gasteiger charge is 2.31. The number of imidazole rings is 1. The van der Waals surface area contributed by atoms with Crippen LogP contribution in [0.5, 0.6) is 5.75 Å². The van der Waals surface area contributed by atoms with E-state index in [0.717, 1.165) is 28.1 Å². The van der Waals surface area contributed by atoms with Crippen LogP contribution in [0.1, 0.15) is 34.5 Å². The molecule has 1 N–H and O–H groups in total. The molecule has 0 unspecified atom stereocenters. The minimum atomic E-state index is -4.72. The number of carbonyl (C=O) groups excluding carboxylic acids is 2. The van der Waals surface area contributed by atoms with Gasteiger partial charge in [-0.3, -0.25) is 29.1 Å². The molecule has 3 aromatic carbocycles. The third kappa shape index (κ3) is 8.93. The van der Waals surface area contributed by atoms with Gasteiger partial charge in [-0.05, 0) is 60.4 Å². The van der Waals surface area contributed by atoms with Crippen LogP contribution in [0.25, 0.3) is 16.8 Å². The number of halogens is 3. The fourth-order valence-electron chi connectivity index (χ4n) is 5.80. The molecule has 1 aliphatic heterocycles. The van der Waals surface area contributed by atoms with Gasteiger partial charge in [0.2, 0.25) is 11.9 Å². The molecular weight excluding hydrogens is 635 g/mol. The van der Waals surface area contributed by atoms with E-state index in [4.69, 9.17) is 4.98 Å². The predicted molar refractivity (Wildman–Crippen MR) is 178 cm³/mol. The molecule has 49 heavy (non-hydrogen) atoms. The lowest BCUT2D eigenvalue weighted by Gasteiger charge is -2.34. The molecule has 254 valence electrons. The number of piperazine rings is 1. The number of ether oxygens (including phenoxy) is 1. The molecule has 1 aliphatic rings. The lowest BCUT2D eigenvalue weighted by atomic mass is 10.1. The highest BCUT2D eigenvalue weighted by Crippen LogP contribution is 2.24. The summed E-state index contributed by atoms with van der Waals surface area (Å²) in [4.78, 5) is 35.2. The average molecular weight is 672 g/mol. The van der Waals surface area contributed by atoms with Crippen LogP contribution >= 0.6 is 0 Å². The van der Waals surface area contributed by atoms with E-state index in [0.29, 0.717) is 63.5 Å². The third-order valence-electron chi connectivity index (χ3n) is 8.29. The molecule has 0 saturated carbocycles. The summed E-state index contributed by atoms with van der Waals surface area (Å²) in [5, 5.41) is 7.20. The number of hydrogen-bond donors (Lipinski definition) is 1. The van der Waals surface area contributed by atoms with E-state index in [1.54, 1.807) is 29.1 Å². The summed E-state index contributed by atoms with van der Waals surface area (Å²) in [6.07, 6.45) is 2.33. The predicted octanol–water partition coefficient (Wildman–Crippen LogP) is 6.09. The van der Waals surface area contributed by atoms with E-state index in [1.165, 1.54) is 12.1 Å². The molecule has 0 atom stereocenters. The van der Waals surface area contributed by atoms with Gasteiger partial charge in [0.05, 0.1) is 11.9 Å². The van der Waals surface area contributed by atoms with Gasteiger partial charge in [0, 0.05) is 75.4 Å². The number of benzene rings is 3. The van der Waals surface area contributed by atoms with Gasteiger partial charge >= 0.3 is 6.36 Å². The zero-order chi connectivity index (χ0) is 34.4. The lowest BCUT2D eigenvalue weighted by Crippen LogP contribution is -2.48. The first-order valence-electron chi connectivity index (χ1n) is 16.0. The molecule has 2 amide bonds. The summed E-state index contributed by atoms with van der Waals surface area (Å²) < 4.78 is 44.8. The number of aromatic nitrogens is 4. The Hall–Kier alpha value is -5.43. The SMILES string of the molecule is Cn1cc(-c2cccc(C(=O)Nc3nc(CCCC(=O)N4CCN(Cc5ccc(OC(F)(F)F)cc5)CC4)cn3-c3ccccc3)c2)cn1. The van der Waals surface area contributed by atoms with Crippen molar-refractivity contribution < 1.29 is 27.5 Å². The van der Waals surface area contributed by atoms with Crippen molar-refractivity contribution in [3.05, 3.63) is 114 Å². The maximum atomic E-state index is 13.4. The van der Waals surface area contributed by atoms with Crippen LogP contribution < -0.4 is 10.1 Å². The number of para-hydroxylation sites is 1. The first-order valence-corrected chi connectivity index (χ1v) is 16.0. The zero-order valence-corrected chi connectivity index (χ0v) is 26.9. The van der Waals surface area contributed by atoms with Crippen molar-refractivity contribution in [2.24, 2.45) is 7.05 Å². The van der Waals surface area contributed by atoms with Crippen molar-refractivity contribution in [2.45, 2.75) is 32.2 Å². The van der Waals surface area contributed by atoms with Crippen molar-refractivity contribution >= 4 is 17.8 Å². The van der Waals surface area contributed by atoms with Crippen molar-refractivity contribution in [1.29, 1.82) is 0 Å². The van der Waals surface area contributed by atoms with Crippen LogP contribution in [0, 0.1) is 0 Å². The molecule has 0 radical (unpaired) electrons. The standard InChI is InChI=1S/C36H36F3N7O3/c1-43-24-29(22-40-43)27-7-5-8-28(21-27)34(48)42-35-41-30(25-46(35)31-10-3-2-4-11-31)9-6-12-33(47)45-19-17-44(18-20-45)23-26-13-15-32(16-14-26)49-36(37,38)39/h2-5,7-8,10-11,13-16,21-22,24-25H,6,9,12,17-20,23H2,1H3,(H,41,42,48). The number of amides is 2. The van der Waals surface area contributed by atoms with Gasteiger partial charge in [0.25, 0.3) is 5.91 Å². The largest absolute Gasteiger partial charge is 0.573 e. The first-order chi connectivity index (χ1) is 23.6. The van der Waals surface area contributed by atoms with Gasteiger partial charge in [-0.1, -0.05) is 42.5 Å². The molecule has 0 bridgehead atoms. The van der Waals surface area contributed by atoms with Crippen molar-refractivity contribution in [3.8, 4) is 22.6 Å². The smallest absolute Gasteiger partial charge is 0.406 e. The van der Waals surface area contributed by atoms with E-state index in [9.17, 15) is 22.8 Å². The van der Waals surface area contributed by atoms with Gasteiger partial charge in [-0.15, -0.1) is 13.2 Å². The Labute approximate surface area is 281 Å². The van der Waals surface area contributed by atoms with Crippen molar-refractivity contribution in [3.63, 3.8) is 0 Å². The maximum Gasteiger partial charge on any atom is 0.573 e. The highest BCUT2D eigenvalue weighted by atomic mass is 19.4. The number of alkyl halides is 3. The Kier molecular flexibility index (Phi) is 10.1. The Morgan fingerprint density at radius 2 is 1.65 bits per heavy atom. The molecule has 0 aliphatic carbocycles. The zero-order valence-electron chi connectivity index (χ0n) is 26.9. The van der Waals surface area contributed by atoms with E-state index in [-0.39, 0.29) is 17.6 Å². The minimum Gasteiger partial charge on any atom is -0.406 e. The van der Waals surface area contributed by atoms with Gasteiger partial charge in [-0.25, -0.2) is 4.98 Å². The minimum absolute atomic E-state index is 0.0674. The van der Waals surface area contributed by atoms with Gasteiger partial charge < -0.3 is 9.64 Å². The van der Waals surface area contributed by atoms with E-state index < -0.39 is 6.36 Å². The number of rotatable bonds is 11. The maximum absolute atomic E-state index is 13.4. The normalized spacial score (nSPS) is 13.8. The van der Waals surface area contributed by atoms with E-state index in [1.807, 2.05) is 77.4 Å². The second-order valence-corrected chi connectivity index (χ2v) is 11.9. The summed E-state index contributed by atoms with van der Waals surface area (Å²) in [7, 11) is 1.84. The van der Waals surface area contributed by atoms with Gasteiger partial charge in [0.15, 0.2) is 0 Å². The third-order valence-corrected chi connectivity index (χ3v) is 8.29. The topological polar surface area (TPSA) is 97.5 Å².